The maximum absolute atomic E-state index is 6.04. The lowest BCUT2D eigenvalue weighted by Gasteiger charge is -2.30. The first kappa shape index (κ1) is 11.6. The van der Waals surface area contributed by atoms with E-state index in [9.17, 15) is 0 Å². The number of nitrogen functional groups attached to an aromatic ring is 1. The van der Waals surface area contributed by atoms with Crippen molar-refractivity contribution in [2.75, 3.05) is 17.2 Å². The van der Waals surface area contributed by atoms with Crippen LogP contribution >= 0.6 is 11.6 Å². The van der Waals surface area contributed by atoms with Crippen molar-refractivity contribution in [2.24, 2.45) is 5.92 Å². The number of rotatable bonds is 4. The molecule has 0 saturated heterocycles. The molecule has 3 heteroatoms. The van der Waals surface area contributed by atoms with Crippen LogP contribution in [0.2, 0.25) is 5.02 Å². The molecule has 88 valence electrons. The van der Waals surface area contributed by atoms with Crippen LogP contribution < -0.4 is 10.6 Å². The molecule has 2 N–H and O–H groups in total. The van der Waals surface area contributed by atoms with Gasteiger partial charge in [-0.3, -0.25) is 0 Å². The molecule has 1 aliphatic carbocycles. The van der Waals surface area contributed by atoms with Crippen LogP contribution in [0.3, 0.4) is 0 Å². The minimum Gasteiger partial charge on any atom is -0.397 e. The van der Waals surface area contributed by atoms with Gasteiger partial charge in [0.1, 0.15) is 0 Å². The van der Waals surface area contributed by atoms with Crippen LogP contribution in [0.5, 0.6) is 0 Å². The van der Waals surface area contributed by atoms with Gasteiger partial charge in [-0.2, -0.15) is 0 Å². The Hall–Kier alpha value is -0.890. The average molecular weight is 239 g/mol. The van der Waals surface area contributed by atoms with Crippen molar-refractivity contribution in [1.82, 2.24) is 0 Å². The zero-order chi connectivity index (χ0) is 11.7. The molecule has 2 rings (SSSR count). The van der Waals surface area contributed by atoms with Gasteiger partial charge in [0.05, 0.1) is 11.4 Å². The van der Waals surface area contributed by atoms with Gasteiger partial charge >= 0.3 is 0 Å². The van der Waals surface area contributed by atoms with Gasteiger partial charge in [-0.25, -0.2) is 0 Å². The fourth-order valence-corrected chi connectivity index (χ4v) is 2.10. The number of hydrogen-bond acceptors (Lipinski definition) is 2. The Morgan fingerprint density at radius 2 is 2.12 bits per heavy atom. The van der Waals surface area contributed by atoms with E-state index in [0.717, 1.165) is 28.9 Å². The highest BCUT2D eigenvalue weighted by atomic mass is 35.5. The lowest BCUT2D eigenvalue weighted by Crippen LogP contribution is -2.33. The third kappa shape index (κ3) is 2.62. The number of nitrogens with two attached hydrogens (primary N) is 1. The van der Waals surface area contributed by atoms with E-state index in [2.05, 4.69) is 18.7 Å². The predicted octanol–water partition coefficient (Wildman–Crippen LogP) is 3.55. The van der Waals surface area contributed by atoms with Gasteiger partial charge in [-0.15, -0.1) is 0 Å². The predicted molar refractivity (Wildman–Crippen MR) is 71.1 cm³/mol. The number of benzene rings is 1. The molecule has 1 aromatic carbocycles. The summed E-state index contributed by atoms with van der Waals surface area (Å²) in [6.07, 6.45) is 2.70. The minimum absolute atomic E-state index is 0.460. The summed E-state index contributed by atoms with van der Waals surface area (Å²) in [6, 6.07) is 6.16. The lowest BCUT2D eigenvalue weighted by atomic mass is 10.2. The Morgan fingerprint density at radius 1 is 1.44 bits per heavy atom. The molecule has 2 nitrogen and oxygen atoms in total. The molecule has 16 heavy (non-hydrogen) atoms. The largest absolute Gasteiger partial charge is 0.397 e. The van der Waals surface area contributed by atoms with Crippen molar-refractivity contribution >= 4 is 23.0 Å². The molecule has 0 aromatic heterocycles. The van der Waals surface area contributed by atoms with E-state index in [1.807, 2.05) is 18.2 Å². The summed E-state index contributed by atoms with van der Waals surface area (Å²) in [4.78, 5) is 2.36. The molecule has 1 fully saturated rings. The molecular formula is C13H19ClN2. The van der Waals surface area contributed by atoms with Gasteiger partial charge in [0.2, 0.25) is 0 Å². The first-order valence-corrected chi connectivity index (χ1v) is 6.27. The second-order valence-electron chi connectivity index (χ2n) is 4.89. The number of halogens is 1. The summed E-state index contributed by atoms with van der Waals surface area (Å²) >= 11 is 6.04. The maximum atomic E-state index is 6.04. The van der Waals surface area contributed by atoms with Crippen LogP contribution in [-0.2, 0) is 0 Å². The summed E-state index contributed by atoms with van der Waals surface area (Å²) in [5, 5.41) is 0.755. The Morgan fingerprint density at radius 3 is 2.69 bits per heavy atom. The van der Waals surface area contributed by atoms with Gasteiger partial charge < -0.3 is 10.6 Å². The molecule has 0 spiro atoms. The molecule has 0 heterocycles. The fraction of sp³-hybridized carbons (Fsp3) is 0.538. The smallest absolute Gasteiger partial charge is 0.0617 e. The van der Waals surface area contributed by atoms with Crippen LogP contribution in [-0.4, -0.2) is 12.6 Å². The highest BCUT2D eigenvalue weighted by Crippen LogP contribution is 2.35. The van der Waals surface area contributed by atoms with E-state index in [1.165, 1.54) is 12.8 Å². The van der Waals surface area contributed by atoms with Crippen molar-refractivity contribution in [2.45, 2.75) is 32.7 Å². The van der Waals surface area contributed by atoms with Crippen molar-refractivity contribution in [3.63, 3.8) is 0 Å². The van der Waals surface area contributed by atoms with Gasteiger partial charge in [-0.05, 0) is 50.8 Å². The molecule has 1 saturated carbocycles. The summed E-state index contributed by atoms with van der Waals surface area (Å²) in [5.41, 5.74) is 7.92. The minimum atomic E-state index is 0.460. The number of nitrogens with zero attached hydrogens (tertiary/aromatic N) is 1. The molecule has 1 aromatic rings. The standard InChI is InChI=1S/C13H19ClN2/c1-9(2)16(8-10-3-4-10)13-7-11(14)5-6-12(13)15/h5-7,9-10H,3-4,8,15H2,1-2H3. The van der Waals surface area contributed by atoms with Gasteiger partial charge in [0.25, 0.3) is 0 Å². The number of hydrogen-bond donors (Lipinski definition) is 1. The Bertz CT molecular complexity index is 372. The molecule has 0 atom stereocenters. The van der Waals surface area contributed by atoms with E-state index >= 15 is 0 Å². The van der Waals surface area contributed by atoms with E-state index in [-0.39, 0.29) is 0 Å². The van der Waals surface area contributed by atoms with Crippen LogP contribution in [0.4, 0.5) is 11.4 Å². The maximum Gasteiger partial charge on any atom is 0.0617 e. The van der Waals surface area contributed by atoms with Crippen molar-refractivity contribution in [1.29, 1.82) is 0 Å². The summed E-state index contributed by atoms with van der Waals surface area (Å²) in [7, 11) is 0. The summed E-state index contributed by atoms with van der Waals surface area (Å²) < 4.78 is 0. The zero-order valence-electron chi connectivity index (χ0n) is 9.91. The molecule has 0 radical (unpaired) electrons. The second kappa shape index (κ2) is 4.54. The Labute approximate surface area is 102 Å². The van der Waals surface area contributed by atoms with E-state index in [0.29, 0.717) is 6.04 Å². The average Bonchev–Trinajstić information content (AvgIpc) is 3.02. The van der Waals surface area contributed by atoms with E-state index in [1.54, 1.807) is 0 Å². The molecular weight excluding hydrogens is 220 g/mol. The highest BCUT2D eigenvalue weighted by Gasteiger charge is 2.26. The fourth-order valence-electron chi connectivity index (χ4n) is 1.93. The van der Waals surface area contributed by atoms with Crippen LogP contribution in [0.15, 0.2) is 18.2 Å². The number of anilines is 2. The monoisotopic (exact) mass is 238 g/mol. The molecule has 0 bridgehead atoms. The third-order valence-corrected chi connectivity index (χ3v) is 3.31. The van der Waals surface area contributed by atoms with E-state index in [4.69, 9.17) is 17.3 Å². The topological polar surface area (TPSA) is 29.3 Å². The highest BCUT2D eigenvalue weighted by molar-refractivity contribution is 6.31. The molecule has 1 aliphatic rings. The van der Waals surface area contributed by atoms with Gasteiger partial charge in [0.15, 0.2) is 0 Å². The SMILES string of the molecule is CC(C)N(CC1CC1)c1cc(Cl)ccc1N. The van der Waals surface area contributed by atoms with Crippen LogP contribution in [0.25, 0.3) is 0 Å². The Kier molecular flexibility index (Phi) is 3.29. The summed E-state index contributed by atoms with van der Waals surface area (Å²) in [5.74, 6) is 0.848. The molecule has 0 aliphatic heterocycles. The van der Waals surface area contributed by atoms with Crippen LogP contribution in [0, 0.1) is 5.92 Å². The Balaban J connectivity index is 2.25. The summed E-state index contributed by atoms with van der Waals surface area (Å²) in [6.45, 7) is 5.49. The van der Waals surface area contributed by atoms with Crippen molar-refractivity contribution in [3.05, 3.63) is 23.2 Å². The van der Waals surface area contributed by atoms with E-state index < -0.39 is 0 Å². The normalized spacial score (nSPS) is 15.5. The van der Waals surface area contributed by atoms with Gasteiger partial charge in [0, 0.05) is 17.6 Å². The first-order valence-electron chi connectivity index (χ1n) is 5.89. The zero-order valence-corrected chi connectivity index (χ0v) is 10.7. The lowest BCUT2D eigenvalue weighted by molar-refractivity contribution is 0.645. The van der Waals surface area contributed by atoms with Crippen molar-refractivity contribution < 1.29 is 0 Å². The molecule has 0 amide bonds. The van der Waals surface area contributed by atoms with Gasteiger partial charge in [-0.1, -0.05) is 11.6 Å². The molecule has 0 unspecified atom stereocenters. The second-order valence-corrected chi connectivity index (χ2v) is 5.33. The third-order valence-electron chi connectivity index (χ3n) is 3.08. The van der Waals surface area contributed by atoms with Crippen LogP contribution in [0.1, 0.15) is 26.7 Å². The first-order chi connectivity index (χ1) is 7.58. The quantitative estimate of drug-likeness (QED) is 0.813. The van der Waals surface area contributed by atoms with Crippen molar-refractivity contribution in [3.8, 4) is 0 Å².